The fraction of sp³-hybridized carbons (Fsp3) is 0.200. The molecule has 0 amide bonds. The summed E-state index contributed by atoms with van der Waals surface area (Å²) in [5.41, 5.74) is 5.23. The molecule has 1 atom stereocenters. The molecular formula is C15H18FN3. The Kier molecular flexibility index (Phi) is 4.14. The summed E-state index contributed by atoms with van der Waals surface area (Å²) < 4.78 is 13.8. The minimum atomic E-state index is -0.350. The van der Waals surface area contributed by atoms with E-state index in [0.717, 1.165) is 11.3 Å². The first-order chi connectivity index (χ1) is 9.13. The Balaban J connectivity index is 2.35. The minimum Gasteiger partial charge on any atom is -0.378 e. The Morgan fingerprint density at radius 2 is 1.68 bits per heavy atom. The average molecular weight is 259 g/mol. The lowest BCUT2D eigenvalue weighted by atomic mass is 9.98. The molecule has 1 unspecified atom stereocenters. The van der Waals surface area contributed by atoms with Gasteiger partial charge in [-0.2, -0.15) is 0 Å². The predicted molar refractivity (Wildman–Crippen MR) is 76.3 cm³/mol. The normalized spacial score (nSPS) is 12.2. The van der Waals surface area contributed by atoms with Gasteiger partial charge in [-0.25, -0.2) is 9.82 Å². The van der Waals surface area contributed by atoms with Crippen molar-refractivity contribution in [2.75, 3.05) is 19.0 Å². The Bertz CT molecular complexity index is 537. The SMILES string of the molecule is CN(C)c1ccc(C(NN)c2ccccc2F)cc1. The van der Waals surface area contributed by atoms with E-state index in [1.54, 1.807) is 18.2 Å². The number of halogens is 1. The van der Waals surface area contributed by atoms with Gasteiger partial charge in [0.25, 0.3) is 0 Å². The summed E-state index contributed by atoms with van der Waals surface area (Å²) in [7, 11) is 3.95. The van der Waals surface area contributed by atoms with E-state index in [1.807, 2.05) is 43.3 Å². The van der Waals surface area contributed by atoms with Gasteiger partial charge in [-0.1, -0.05) is 30.3 Å². The average Bonchev–Trinajstić information content (AvgIpc) is 2.42. The first-order valence-corrected chi connectivity index (χ1v) is 6.11. The standard InChI is InChI=1S/C15H18FN3/c1-19(2)12-9-7-11(8-10-12)15(18-17)13-5-3-4-6-14(13)16/h3-10,15,18H,17H2,1-2H3. The summed E-state index contributed by atoms with van der Waals surface area (Å²) in [5.74, 6) is 5.31. The quantitative estimate of drug-likeness (QED) is 0.654. The van der Waals surface area contributed by atoms with Gasteiger partial charge in [0.15, 0.2) is 0 Å². The second-order valence-corrected chi connectivity index (χ2v) is 4.61. The highest BCUT2D eigenvalue weighted by molar-refractivity contribution is 5.47. The molecule has 0 aliphatic carbocycles. The Morgan fingerprint density at radius 3 is 2.21 bits per heavy atom. The van der Waals surface area contributed by atoms with Gasteiger partial charge in [-0.15, -0.1) is 0 Å². The first-order valence-electron chi connectivity index (χ1n) is 6.11. The largest absolute Gasteiger partial charge is 0.378 e. The third-order valence-corrected chi connectivity index (χ3v) is 3.13. The third-order valence-electron chi connectivity index (χ3n) is 3.13. The monoisotopic (exact) mass is 259 g/mol. The van der Waals surface area contributed by atoms with Crippen LogP contribution in [0, 0.1) is 5.82 Å². The second-order valence-electron chi connectivity index (χ2n) is 4.61. The van der Waals surface area contributed by atoms with E-state index in [1.165, 1.54) is 6.07 Å². The third kappa shape index (κ3) is 2.92. The van der Waals surface area contributed by atoms with Crippen LogP contribution in [-0.2, 0) is 0 Å². The van der Waals surface area contributed by atoms with Gasteiger partial charge < -0.3 is 4.90 Å². The van der Waals surface area contributed by atoms with E-state index < -0.39 is 0 Å². The van der Waals surface area contributed by atoms with Crippen LogP contribution in [0.3, 0.4) is 0 Å². The van der Waals surface area contributed by atoms with Gasteiger partial charge in [-0.3, -0.25) is 5.84 Å². The summed E-state index contributed by atoms with van der Waals surface area (Å²) in [4.78, 5) is 2.01. The van der Waals surface area contributed by atoms with Crippen molar-refractivity contribution in [2.45, 2.75) is 6.04 Å². The smallest absolute Gasteiger partial charge is 0.128 e. The molecule has 4 heteroatoms. The summed E-state index contributed by atoms with van der Waals surface area (Å²) in [6.45, 7) is 0. The molecule has 19 heavy (non-hydrogen) atoms. The summed E-state index contributed by atoms with van der Waals surface area (Å²) in [5, 5.41) is 0. The van der Waals surface area contributed by atoms with Crippen molar-refractivity contribution in [3.63, 3.8) is 0 Å². The topological polar surface area (TPSA) is 41.3 Å². The molecule has 0 bridgehead atoms. The molecular weight excluding hydrogens is 241 g/mol. The van der Waals surface area contributed by atoms with Crippen LogP contribution in [0.25, 0.3) is 0 Å². The van der Waals surface area contributed by atoms with Crippen LogP contribution in [0.4, 0.5) is 10.1 Å². The summed E-state index contributed by atoms with van der Waals surface area (Å²) in [6, 6.07) is 14.2. The molecule has 0 aliphatic heterocycles. The van der Waals surface area contributed by atoms with Crippen molar-refractivity contribution >= 4 is 5.69 Å². The highest BCUT2D eigenvalue weighted by atomic mass is 19.1. The minimum absolute atomic E-state index is 0.262. The van der Waals surface area contributed by atoms with Crippen LogP contribution in [0.5, 0.6) is 0 Å². The molecule has 2 aromatic rings. The van der Waals surface area contributed by atoms with E-state index in [-0.39, 0.29) is 11.9 Å². The number of benzene rings is 2. The molecule has 0 aliphatic rings. The van der Waals surface area contributed by atoms with Gasteiger partial charge in [0.2, 0.25) is 0 Å². The van der Waals surface area contributed by atoms with Crippen LogP contribution in [-0.4, -0.2) is 14.1 Å². The van der Waals surface area contributed by atoms with Gasteiger partial charge in [0.05, 0.1) is 6.04 Å². The lowest BCUT2D eigenvalue weighted by molar-refractivity contribution is 0.560. The van der Waals surface area contributed by atoms with Crippen molar-refractivity contribution in [1.29, 1.82) is 0 Å². The molecule has 0 heterocycles. The molecule has 0 saturated heterocycles. The number of hydrogen-bond donors (Lipinski definition) is 2. The lowest BCUT2D eigenvalue weighted by Gasteiger charge is -2.19. The molecule has 3 nitrogen and oxygen atoms in total. The fourth-order valence-electron chi connectivity index (χ4n) is 2.04. The van der Waals surface area contributed by atoms with E-state index in [9.17, 15) is 4.39 Å². The predicted octanol–water partition coefficient (Wildman–Crippen LogP) is 2.44. The van der Waals surface area contributed by atoms with Crippen molar-refractivity contribution in [2.24, 2.45) is 5.84 Å². The summed E-state index contributed by atoms with van der Waals surface area (Å²) >= 11 is 0. The van der Waals surface area contributed by atoms with Crippen molar-refractivity contribution in [1.82, 2.24) is 5.43 Å². The zero-order valence-electron chi connectivity index (χ0n) is 11.1. The number of hydrogen-bond acceptors (Lipinski definition) is 3. The second kappa shape index (κ2) is 5.82. The maximum Gasteiger partial charge on any atom is 0.128 e. The zero-order valence-corrected chi connectivity index (χ0v) is 11.1. The van der Waals surface area contributed by atoms with Crippen LogP contribution < -0.4 is 16.2 Å². The van der Waals surface area contributed by atoms with Gasteiger partial charge in [0.1, 0.15) is 5.82 Å². The Hall–Kier alpha value is -1.91. The Labute approximate surface area is 112 Å². The molecule has 0 radical (unpaired) electrons. The van der Waals surface area contributed by atoms with Crippen LogP contribution in [0.15, 0.2) is 48.5 Å². The van der Waals surface area contributed by atoms with E-state index in [0.29, 0.717) is 5.56 Å². The molecule has 100 valence electrons. The maximum absolute atomic E-state index is 13.8. The highest BCUT2D eigenvalue weighted by Crippen LogP contribution is 2.25. The molecule has 2 aromatic carbocycles. The van der Waals surface area contributed by atoms with Gasteiger partial charge >= 0.3 is 0 Å². The molecule has 0 aromatic heterocycles. The van der Waals surface area contributed by atoms with Crippen molar-refractivity contribution in [3.8, 4) is 0 Å². The number of rotatable bonds is 4. The van der Waals surface area contributed by atoms with Gasteiger partial charge in [-0.05, 0) is 23.8 Å². The zero-order chi connectivity index (χ0) is 13.8. The van der Waals surface area contributed by atoms with Crippen LogP contribution in [0.1, 0.15) is 17.2 Å². The highest BCUT2D eigenvalue weighted by Gasteiger charge is 2.15. The molecule has 0 fully saturated rings. The number of nitrogens with zero attached hydrogens (tertiary/aromatic N) is 1. The van der Waals surface area contributed by atoms with Crippen molar-refractivity contribution in [3.05, 3.63) is 65.5 Å². The lowest BCUT2D eigenvalue weighted by Crippen LogP contribution is -2.29. The fourth-order valence-corrected chi connectivity index (χ4v) is 2.04. The number of nitrogens with two attached hydrogens (primary N) is 1. The summed E-state index contributed by atoms with van der Waals surface area (Å²) in [6.07, 6.45) is 0. The first kappa shape index (κ1) is 13.5. The number of anilines is 1. The van der Waals surface area contributed by atoms with Gasteiger partial charge in [0, 0.05) is 25.3 Å². The molecule has 0 saturated carbocycles. The number of hydrazine groups is 1. The maximum atomic E-state index is 13.8. The Morgan fingerprint density at radius 1 is 1.05 bits per heavy atom. The molecule has 3 N–H and O–H groups in total. The van der Waals surface area contributed by atoms with E-state index in [4.69, 9.17) is 5.84 Å². The van der Waals surface area contributed by atoms with Crippen molar-refractivity contribution < 1.29 is 4.39 Å². The van der Waals surface area contributed by atoms with Crippen LogP contribution in [0.2, 0.25) is 0 Å². The van der Waals surface area contributed by atoms with E-state index in [2.05, 4.69) is 5.43 Å². The van der Waals surface area contributed by atoms with E-state index >= 15 is 0 Å². The molecule has 0 spiro atoms. The molecule has 2 rings (SSSR count). The van der Waals surface area contributed by atoms with Crippen LogP contribution >= 0.6 is 0 Å². The number of nitrogens with one attached hydrogen (secondary N) is 1.